The fourth-order valence-electron chi connectivity index (χ4n) is 1.63. The van der Waals surface area contributed by atoms with E-state index in [0.29, 0.717) is 5.75 Å². The Balaban J connectivity index is 2.08. The van der Waals surface area contributed by atoms with Gasteiger partial charge in [0.2, 0.25) is 5.82 Å². The molecule has 0 radical (unpaired) electrons. The molecular weight excluding hydrogens is 364 g/mol. The van der Waals surface area contributed by atoms with Crippen LogP contribution >= 0.6 is 15.9 Å². The van der Waals surface area contributed by atoms with E-state index in [4.69, 9.17) is 11.2 Å². The summed E-state index contributed by atoms with van der Waals surface area (Å²) >= 11 is 3.37. The summed E-state index contributed by atoms with van der Waals surface area (Å²) < 4.78 is 6.05. The lowest BCUT2D eigenvalue weighted by Crippen LogP contribution is -1.99. The molecule has 8 heteroatoms. The Bertz CT molecular complexity index is 787. The van der Waals surface area contributed by atoms with Gasteiger partial charge in [-0.3, -0.25) is 15.5 Å². The summed E-state index contributed by atoms with van der Waals surface area (Å²) in [4.78, 5) is 14.2. The average molecular weight is 375 g/mol. The first-order valence-corrected chi connectivity index (χ1v) is 7.15. The number of nitrogens with one attached hydrogen (secondary N) is 1. The maximum Gasteiger partial charge on any atom is 0.313 e. The molecule has 0 bridgehead atoms. The average Bonchev–Trinajstić information content (AvgIpc) is 2.54. The number of hydrogen-bond acceptors (Lipinski definition) is 6. The molecule has 116 valence electrons. The van der Waals surface area contributed by atoms with Crippen molar-refractivity contribution in [2.75, 3.05) is 12.0 Å². The first-order chi connectivity index (χ1) is 11.1. The highest BCUT2D eigenvalue weighted by molar-refractivity contribution is 9.10. The van der Waals surface area contributed by atoms with Crippen LogP contribution in [0.25, 0.3) is 0 Å². The molecule has 0 amide bonds. The Morgan fingerprint density at radius 1 is 1.52 bits per heavy atom. The van der Waals surface area contributed by atoms with Gasteiger partial charge in [-0.25, -0.2) is 4.98 Å². The molecule has 1 aromatic heterocycles. The predicted molar refractivity (Wildman–Crippen MR) is 90.6 cm³/mol. The molecule has 0 aliphatic carbocycles. The molecule has 2 aromatic rings. The Kier molecular flexibility index (Phi) is 5.66. The summed E-state index contributed by atoms with van der Waals surface area (Å²) in [6, 6.07) is 8.13. The zero-order chi connectivity index (χ0) is 16.7. The van der Waals surface area contributed by atoms with Crippen molar-refractivity contribution < 1.29 is 9.66 Å². The second-order valence-electron chi connectivity index (χ2n) is 4.18. The zero-order valence-electron chi connectivity index (χ0n) is 11.8. The molecule has 0 unspecified atom stereocenters. The number of halogens is 1. The summed E-state index contributed by atoms with van der Waals surface area (Å²) in [6.07, 6.45) is 8.09. The van der Waals surface area contributed by atoms with Gasteiger partial charge < -0.3 is 4.74 Å². The van der Waals surface area contributed by atoms with Crippen LogP contribution in [0.4, 0.5) is 11.5 Å². The first-order valence-electron chi connectivity index (χ1n) is 6.36. The molecule has 0 spiro atoms. The van der Waals surface area contributed by atoms with Crippen LogP contribution in [-0.2, 0) is 0 Å². The van der Waals surface area contributed by atoms with E-state index >= 15 is 0 Å². The van der Waals surface area contributed by atoms with Crippen molar-refractivity contribution in [1.82, 2.24) is 4.98 Å². The van der Waals surface area contributed by atoms with Crippen LogP contribution in [-0.4, -0.2) is 22.7 Å². The van der Waals surface area contributed by atoms with Gasteiger partial charge in [-0.05, 0) is 45.8 Å². The van der Waals surface area contributed by atoms with Crippen LogP contribution in [0.2, 0.25) is 0 Å². The van der Waals surface area contributed by atoms with E-state index in [1.807, 2.05) is 0 Å². The lowest BCUT2D eigenvalue weighted by atomic mass is 10.2. The van der Waals surface area contributed by atoms with E-state index in [-0.39, 0.29) is 18.1 Å². The maximum absolute atomic E-state index is 10.9. The number of terminal acetylenes is 1. The smallest absolute Gasteiger partial charge is 0.313 e. The number of hydrogen-bond donors (Lipinski definition) is 1. The number of hydrazone groups is 1. The number of pyridine rings is 1. The van der Waals surface area contributed by atoms with Crippen LogP contribution < -0.4 is 10.2 Å². The fourth-order valence-corrected chi connectivity index (χ4v) is 2.14. The minimum absolute atomic E-state index is 0.0711. The van der Waals surface area contributed by atoms with Crippen molar-refractivity contribution in [2.45, 2.75) is 0 Å². The molecule has 7 nitrogen and oxygen atoms in total. The third-order valence-corrected chi connectivity index (χ3v) is 3.25. The lowest BCUT2D eigenvalue weighted by molar-refractivity contribution is -0.384. The molecule has 0 fully saturated rings. The molecule has 0 aliphatic heterocycles. The van der Waals surface area contributed by atoms with E-state index in [0.717, 1.165) is 10.0 Å². The van der Waals surface area contributed by atoms with Crippen LogP contribution in [0.15, 0.2) is 46.1 Å². The number of rotatable bonds is 6. The maximum atomic E-state index is 10.9. The Hall–Kier alpha value is -2.92. The lowest BCUT2D eigenvalue weighted by Gasteiger charge is -2.05. The van der Waals surface area contributed by atoms with Crippen molar-refractivity contribution >= 4 is 33.6 Å². The Morgan fingerprint density at radius 2 is 2.35 bits per heavy atom. The van der Waals surface area contributed by atoms with Crippen LogP contribution in [0.3, 0.4) is 0 Å². The van der Waals surface area contributed by atoms with Crippen LogP contribution in [0, 0.1) is 22.5 Å². The van der Waals surface area contributed by atoms with Gasteiger partial charge in [-0.1, -0.05) is 5.92 Å². The molecule has 1 aromatic carbocycles. The Labute approximate surface area is 140 Å². The summed E-state index contributed by atoms with van der Waals surface area (Å²) in [7, 11) is 0. The largest absolute Gasteiger partial charge is 0.480 e. The second-order valence-corrected chi connectivity index (χ2v) is 5.04. The molecular formula is C15H11BrN4O3. The van der Waals surface area contributed by atoms with E-state index in [1.165, 1.54) is 24.5 Å². The van der Waals surface area contributed by atoms with Crippen molar-refractivity contribution in [3.63, 3.8) is 0 Å². The van der Waals surface area contributed by atoms with E-state index in [1.54, 1.807) is 18.2 Å². The molecule has 2 rings (SSSR count). The van der Waals surface area contributed by atoms with E-state index in [9.17, 15) is 10.1 Å². The van der Waals surface area contributed by atoms with Crippen molar-refractivity contribution in [1.29, 1.82) is 0 Å². The molecule has 0 aliphatic rings. The van der Waals surface area contributed by atoms with Gasteiger partial charge in [0.05, 0.1) is 15.6 Å². The predicted octanol–water partition coefficient (Wildman–Crippen LogP) is 3.21. The first kappa shape index (κ1) is 16.5. The minimum atomic E-state index is -0.529. The summed E-state index contributed by atoms with van der Waals surface area (Å²) in [5.74, 6) is 3.07. The van der Waals surface area contributed by atoms with Crippen molar-refractivity contribution in [2.24, 2.45) is 5.10 Å². The standard InChI is InChI=1S/C15H11BrN4O3/c1-2-8-23-14-6-5-11(9-12(14)16)10-18-19-15-13(20(21)22)4-3-7-17-15/h1,3-7,9-10H,8H2,(H,17,19)/b18-10-. The molecule has 0 saturated carbocycles. The van der Waals surface area contributed by atoms with Crippen molar-refractivity contribution in [3.05, 3.63) is 56.7 Å². The van der Waals surface area contributed by atoms with Crippen LogP contribution in [0.5, 0.6) is 5.75 Å². The highest BCUT2D eigenvalue weighted by atomic mass is 79.9. The van der Waals surface area contributed by atoms with E-state index in [2.05, 4.69) is 37.4 Å². The van der Waals surface area contributed by atoms with Gasteiger partial charge in [0.1, 0.15) is 12.4 Å². The topological polar surface area (TPSA) is 89.7 Å². The monoisotopic (exact) mass is 374 g/mol. The third kappa shape index (κ3) is 4.52. The summed E-state index contributed by atoms with van der Waals surface area (Å²) in [5.41, 5.74) is 3.17. The van der Waals surface area contributed by atoms with Gasteiger partial charge in [0.25, 0.3) is 0 Å². The van der Waals surface area contributed by atoms with Gasteiger partial charge in [0, 0.05) is 12.3 Å². The molecule has 1 heterocycles. The number of anilines is 1. The highest BCUT2D eigenvalue weighted by Crippen LogP contribution is 2.25. The van der Waals surface area contributed by atoms with Gasteiger partial charge >= 0.3 is 5.69 Å². The Morgan fingerprint density at radius 3 is 3.04 bits per heavy atom. The summed E-state index contributed by atoms with van der Waals surface area (Å²) in [5, 5.41) is 14.8. The van der Waals surface area contributed by atoms with Crippen LogP contribution in [0.1, 0.15) is 5.56 Å². The number of aromatic nitrogens is 1. The number of ether oxygens (including phenoxy) is 1. The number of nitro groups is 1. The molecule has 0 atom stereocenters. The third-order valence-electron chi connectivity index (χ3n) is 2.63. The quantitative estimate of drug-likeness (QED) is 0.362. The fraction of sp³-hybridized carbons (Fsp3) is 0.0667. The van der Waals surface area contributed by atoms with Gasteiger partial charge in [-0.2, -0.15) is 5.10 Å². The van der Waals surface area contributed by atoms with Gasteiger partial charge in [0.15, 0.2) is 0 Å². The molecule has 1 N–H and O–H groups in total. The normalized spacial score (nSPS) is 10.3. The number of nitrogens with zero attached hydrogens (tertiary/aromatic N) is 3. The number of benzene rings is 1. The molecule has 23 heavy (non-hydrogen) atoms. The SMILES string of the molecule is C#CCOc1ccc(/C=N\Nc2ncccc2[N+](=O)[O-])cc1Br. The van der Waals surface area contributed by atoms with E-state index < -0.39 is 4.92 Å². The summed E-state index contributed by atoms with van der Waals surface area (Å²) in [6.45, 7) is 0.178. The zero-order valence-corrected chi connectivity index (χ0v) is 13.4. The van der Waals surface area contributed by atoms with Gasteiger partial charge in [-0.15, -0.1) is 6.42 Å². The molecule has 0 saturated heterocycles. The minimum Gasteiger partial charge on any atom is -0.480 e. The van der Waals surface area contributed by atoms with Crippen molar-refractivity contribution in [3.8, 4) is 18.1 Å². The highest BCUT2D eigenvalue weighted by Gasteiger charge is 2.12. The second kappa shape index (κ2) is 7.91.